The van der Waals surface area contributed by atoms with Crippen molar-refractivity contribution < 1.29 is 4.74 Å². The summed E-state index contributed by atoms with van der Waals surface area (Å²) >= 11 is 0. The maximum Gasteiger partial charge on any atom is 0.316 e. The second-order valence-electron chi connectivity index (χ2n) is 4.28. The summed E-state index contributed by atoms with van der Waals surface area (Å²) < 4.78 is 4.95. The van der Waals surface area contributed by atoms with Gasteiger partial charge in [0.15, 0.2) is 0 Å². The second-order valence-corrected chi connectivity index (χ2v) is 4.28. The SMILES string of the molecule is COc1ncc(C(=N)N)c(C(C)(C)C)n1. The number of nitrogens with two attached hydrogens (primary N) is 1. The molecular weight excluding hydrogens is 192 g/mol. The number of nitrogens with one attached hydrogen (secondary N) is 1. The Labute approximate surface area is 89.2 Å². The van der Waals surface area contributed by atoms with Gasteiger partial charge in [-0.05, 0) is 0 Å². The molecule has 0 aliphatic rings. The minimum Gasteiger partial charge on any atom is -0.467 e. The quantitative estimate of drug-likeness (QED) is 0.562. The van der Waals surface area contributed by atoms with Crippen LogP contribution in [0.25, 0.3) is 0 Å². The van der Waals surface area contributed by atoms with E-state index < -0.39 is 0 Å². The molecule has 0 bridgehead atoms. The van der Waals surface area contributed by atoms with Gasteiger partial charge in [0.1, 0.15) is 5.84 Å². The van der Waals surface area contributed by atoms with Crippen molar-refractivity contribution in [1.29, 1.82) is 5.41 Å². The Kier molecular flexibility index (Phi) is 2.93. The minimum absolute atomic E-state index is 0.0254. The topological polar surface area (TPSA) is 84.9 Å². The van der Waals surface area contributed by atoms with Crippen molar-refractivity contribution in [2.24, 2.45) is 5.73 Å². The average Bonchev–Trinajstić information content (AvgIpc) is 2.15. The van der Waals surface area contributed by atoms with Crippen molar-refractivity contribution in [2.75, 3.05) is 7.11 Å². The summed E-state index contributed by atoms with van der Waals surface area (Å²) in [5, 5.41) is 7.44. The summed E-state index contributed by atoms with van der Waals surface area (Å²) in [4.78, 5) is 8.17. The Morgan fingerprint density at radius 1 is 1.47 bits per heavy atom. The number of rotatable bonds is 2. The number of nitrogens with zero attached hydrogens (tertiary/aromatic N) is 2. The van der Waals surface area contributed by atoms with Gasteiger partial charge in [-0.25, -0.2) is 4.98 Å². The number of hydrogen-bond acceptors (Lipinski definition) is 4. The first-order chi connectivity index (χ1) is 6.86. The zero-order valence-corrected chi connectivity index (χ0v) is 9.46. The molecule has 0 unspecified atom stereocenters. The number of ether oxygens (including phenoxy) is 1. The molecule has 0 atom stereocenters. The normalized spacial score (nSPS) is 11.2. The molecule has 0 saturated carbocycles. The van der Waals surface area contributed by atoms with E-state index >= 15 is 0 Å². The standard InChI is InChI=1S/C10H16N4O/c1-10(2,3)7-6(8(11)12)5-13-9(14-7)15-4/h5H,1-4H3,(H3,11,12). The van der Waals surface area contributed by atoms with Crippen molar-refractivity contribution in [3.63, 3.8) is 0 Å². The van der Waals surface area contributed by atoms with Crippen molar-refractivity contribution in [3.8, 4) is 6.01 Å². The van der Waals surface area contributed by atoms with E-state index in [1.165, 1.54) is 13.3 Å². The number of amidine groups is 1. The Balaban J connectivity index is 3.36. The van der Waals surface area contributed by atoms with Gasteiger partial charge in [0.05, 0.1) is 18.4 Å². The molecule has 0 amide bonds. The summed E-state index contributed by atoms with van der Waals surface area (Å²) in [5.41, 5.74) is 6.55. The Hall–Kier alpha value is -1.65. The summed E-state index contributed by atoms with van der Waals surface area (Å²) in [6, 6.07) is 0.296. The molecule has 0 aliphatic carbocycles. The van der Waals surface area contributed by atoms with E-state index in [1.54, 1.807) is 0 Å². The lowest BCUT2D eigenvalue weighted by Gasteiger charge is -2.20. The van der Waals surface area contributed by atoms with Crippen molar-refractivity contribution in [3.05, 3.63) is 17.5 Å². The molecule has 0 radical (unpaired) electrons. The molecule has 0 aromatic carbocycles. The number of hydrogen-bond donors (Lipinski definition) is 2. The first kappa shape index (κ1) is 11.4. The monoisotopic (exact) mass is 208 g/mol. The third kappa shape index (κ3) is 2.43. The summed E-state index contributed by atoms with van der Waals surface area (Å²) in [7, 11) is 1.51. The molecule has 0 fully saturated rings. The van der Waals surface area contributed by atoms with Gasteiger partial charge in [0.25, 0.3) is 0 Å². The second kappa shape index (κ2) is 3.84. The van der Waals surface area contributed by atoms with Crippen molar-refractivity contribution in [2.45, 2.75) is 26.2 Å². The highest BCUT2D eigenvalue weighted by Gasteiger charge is 2.22. The lowest BCUT2D eigenvalue weighted by Crippen LogP contribution is -2.23. The fourth-order valence-electron chi connectivity index (χ4n) is 1.23. The largest absolute Gasteiger partial charge is 0.467 e. The van der Waals surface area contributed by atoms with Crippen LogP contribution in [0.3, 0.4) is 0 Å². The van der Waals surface area contributed by atoms with Crippen LogP contribution in [0.15, 0.2) is 6.20 Å². The van der Waals surface area contributed by atoms with Gasteiger partial charge in [-0.1, -0.05) is 20.8 Å². The van der Waals surface area contributed by atoms with Gasteiger partial charge in [0, 0.05) is 11.6 Å². The average molecular weight is 208 g/mol. The third-order valence-electron chi connectivity index (χ3n) is 1.95. The van der Waals surface area contributed by atoms with Crippen LogP contribution in [0.1, 0.15) is 32.0 Å². The Morgan fingerprint density at radius 3 is 2.47 bits per heavy atom. The van der Waals surface area contributed by atoms with Crippen LogP contribution in [0.2, 0.25) is 0 Å². The molecule has 1 rings (SSSR count). The molecule has 0 aliphatic heterocycles. The van der Waals surface area contributed by atoms with Crippen LogP contribution in [-0.4, -0.2) is 22.9 Å². The van der Waals surface area contributed by atoms with Crippen LogP contribution in [0.5, 0.6) is 6.01 Å². The number of nitrogen functional groups attached to an aromatic ring is 1. The fraction of sp³-hybridized carbons (Fsp3) is 0.500. The highest BCUT2D eigenvalue weighted by atomic mass is 16.5. The first-order valence-corrected chi connectivity index (χ1v) is 4.62. The third-order valence-corrected chi connectivity index (χ3v) is 1.95. The first-order valence-electron chi connectivity index (χ1n) is 4.62. The fourth-order valence-corrected chi connectivity index (χ4v) is 1.23. The van der Waals surface area contributed by atoms with E-state index in [9.17, 15) is 0 Å². The smallest absolute Gasteiger partial charge is 0.316 e. The Morgan fingerprint density at radius 2 is 2.07 bits per heavy atom. The maximum absolute atomic E-state index is 7.44. The van der Waals surface area contributed by atoms with Crippen molar-refractivity contribution in [1.82, 2.24) is 9.97 Å². The van der Waals surface area contributed by atoms with Gasteiger partial charge in [-0.2, -0.15) is 4.98 Å². The number of aromatic nitrogens is 2. The van der Waals surface area contributed by atoms with E-state index in [1.807, 2.05) is 20.8 Å². The molecular formula is C10H16N4O. The van der Waals surface area contributed by atoms with Crippen LogP contribution < -0.4 is 10.5 Å². The molecule has 15 heavy (non-hydrogen) atoms. The maximum atomic E-state index is 7.44. The van der Waals surface area contributed by atoms with E-state index in [0.717, 1.165) is 5.69 Å². The predicted octanol–water partition coefficient (Wildman–Crippen LogP) is 1.07. The minimum atomic E-state index is -0.197. The zero-order valence-electron chi connectivity index (χ0n) is 9.46. The van der Waals surface area contributed by atoms with Crippen LogP contribution in [0.4, 0.5) is 0 Å². The highest BCUT2D eigenvalue weighted by Crippen LogP contribution is 2.24. The summed E-state index contributed by atoms with van der Waals surface area (Å²) in [5.74, 6) is -0.0254. The Bertz CT molecular complexity index is 381. The highest BCUT2D eigenvalue weighted by molar-refractivity contribution is 5.96. The molecule has 0 saturated heterocycles. The van der Waals surface area contributed by atoms with Gasteiger partial charge in [-0.3, -0.25) is 5.41 Å². The van der Waals surface area contributed by atoms with Crippen LogP contribution in [0, 0.1) is 5.41 Å². The lowest BCUT2D eigenvalue weighted by atomic mass is 9.88. The summed E-state index contributed by atoms with van der Waals surface area (Å²) in [6.45, 7) is 6.00. The van der Waals surface area contributed by atoms with E-state index in [-0.39, 0.29) is 11.3 Å². The van der Waals surface area contributed by atoms with Crippen molar-refractivity contribution >= 4 is 5.84 Å². The molecule has 1 heterocycles. The molecule has 1 aromatic heterocycles. The lowest BCUT2D eigenvalue weighted by molar-refractivity contribution is 0.373. The van der Waals surface area contributed by atoms with Gasteiger partial charge < -0.3 is 10.5 Å². The van der Waals surface area contributed by atoms with E-state index in [0.29, 0.717) is 11.6 Å². The molecule has 5 heteroatoms. The van der Waals surface area contributed by atoms with Crippen LogP contribution in [-0.2, 0) is 5.41 Å². The molecule has 5 nitrogen and oxygen atoms in total. The van der Waals surface area contributed by atoms with Gasteiger partial charge in [-0.15, -0.1) is 0 Å². The van der Waals surface area contributed by atoms with Crippen LogP contribution >= 0.6 is 0 Å². The molecule has 0 spiro atoms. The van der Waals surface area contributed by atoms with Gasteiger partial charge >= 0.3 is 6.01 Å². The number of methoxy groups -OCH3 is 1. The van der Waals surface area contributed by atoms with E-state index in [4.69, 9.17) is 15.9 Å². The van der Waals surface area contributed by atoms with E-state index in [2.05, 4.69) is 9.97 Å². The zero-order chi connectivity index (χ0) is 11.6. The predicted molar refractivity (Wildman–Crippen MR) is 58.3 cm³/mol. The molecule has 1 aromatic rings. The van der Waals surface area contributed by atoms with Gasteiger partial charge in [0.2, 0.25) is 0 Å². The summed E-state index contributed by atoms with van der Waals surface area (Å²) in [6.07, 6.45) is 1.52. The molecule has 82 valence electrons. The molecule has 3 N–H and O–H groups in total.